The SMILES string of the molecule is CC(NC(=O)Cn1c(C(F)(F)F)nc2ccccc21)c1cccc(Cl)c1. The summed E-state index contributed by atoms with van der Waals surface area (Å²) in [5.74, 6) is -1.64. The second-order valence-corrected chi connectivity index (χ2v) is 6.29. The Bertz CT molecular complexity index is 952. The zero-order valence-electron chi connectivity index (χ0n) is 13.7. The molecular formula is C18H15ClF3N3O. The highest BCUT2D eigenvalue weighted by Gasteiger charge is 2.38. The molecule has 0 fully saturated rings. The number of nitrogens with zero attached hydrogens (tertiary/aromatic N) is 2. The lowest BCUT2D eigenvalue weighted by Gasteiger charge is -2.16. The fraction of sp³-hybridized carbons (Fsp3) is 0.222. The maximum atomic E-state index is 13.3. The van der Waals surface area contributed by atoms with Crippen molar-refractivity contribution in [2.24, 2.45) is 0 Å². The quantitative estimate of drug-likeness (QED) is 0.718. The van der Waals surface area contributed by atoms with Gasteiger partial charge in [0.15, 0.2) is 0 Å². The molecular weight excluding hydrogens is 367 g/mol. The van der Waals surface area contributed by atoms with Gasteiger partial charge in [-0.05, 0) is 36.8 Å². The summed E-state index contributed by atoms with van der Waals surface area (Å²) < 4.78 is 40.7. The molecule has 0 aliphatic rings. The van der Waals surface area contributed by atoms with E-state index in [-0.39, 0.29) is 11.0 Å². The number of aromatic nitrogens is 2. The molecule has 1 heterocycles. The molecule has 3 rings (SSSR count). The number of hydrogen-bond donors (Lipinski definition) is 1. The first-order valence-corrected chi connectivity index (χ1v) is 8.21. The second kappa shape index (κ2) is 6.99. The molecule has 1 aromatic heterocycles. The van der Waals surface area contributed by atoms with Crippen LogP contribution in [0.1, 0.15) is 24.4 Å². The summed E-state index contributed by atoms with van der Waals surface area (Å²) in [6.45, 7) is 1.25. The number of para-hydroxylation sites is 2. The van der Waals surface area contributed by atoms with Crippen molar-refractivity contribution < 1.29 is 18.0 Å². The number of carbonyl (C=O) groups excluding carboxylic acids is 1. The standard InChI is InChI=1S/C18H15ClF3N3O/c1-11(12-5-4-6-13(19)9-12)23-16(26)10-25-15-8-3-2-7-14(15)24-17(25)18(20,21)22/h2-9,11H,10H2,1H3,(H,23,26). The predicted octanol–water partition coefficient (Wildman–Crippen LogP) is 4.59. The molecule has 0 aliphatic carbocycles. The zero-order valence-corrected chi connectivity index (χ0v) is 14.5. The minimum atomic E-state index is -4.65. The zero-order chi connectivity index (χ0) is 18.9. The number of alkyl halides is 3. The van der Waals surface area contributed by atoms with Gasteiger partial charge < -0.3 is 9.88 Å². The van der Waals surface area contributed by atoms with Crippen LogP contribution in [0.15, 0.2) is 48.5 Å². The van der Waals surface area contributed by atoms with Crippen LogP contribution in [0.25, 0.3) is 11.0 Å². The van der Waals surface area contributed by atoms with E-state index in [1.165, 1.54) is 12.1 Å². The second-order valence-electron chi connectivity index (χ2n) is 5.85. The number of hydrogen-bond acceptors (Lipinski definition) is 2. The lowest BCUT2D eigenvalue weighted by Crippen LogP contribution is -2.31. The lowest BCUT2D eigenvalue weighted by atomic mass is 10.1. The van der Waals surface area contributed by atoms with Gasteiger partial charge in [0.1, 0.15) is 6.54 Å². The van der Waals surface area contributed by atoms with E-state index in [0.29, 0.717) is 5.02 Å². The Hall–Kier alpha value is -2.54. The van der Waals surface area contributed by atoms with Crippen LogP contribution in [0, 0.1) is 0 Å². The molecule has 4 nitrogen and oxygen atoms in total. The number of nitrogens with one attached hydrogen (secondary N) is 1. The van der Waals surface area contributed by atoms with Gasteiger partial charge in [-0.3, -0.25) is 4.79 Å². The van der Waals surface area contributed by atoms with Gasteiger partial charge in [-0.2, -0.15) is 13.2 Å². The molecule has 1 N–H and O–H groups in total. The van der Waals surface area contributed by atoms with Crippen molar-refractivity contribution >= 4 is 28.5 Å². The summed E-state index contributed by atoms with van der Waals surface area (Å²) >= 11 is 5.93. The van der Waals surface area contributed by atoms with Crippen molar-refractivity contribution in [2.75, 3.05) is 0 Å². The third kappa shape index (κ3) is 3.83. The Morgan fingerprint density at radius 1 is 1.23 bits per heavy atom. The molecule has 0 bridgehead atoms. The van der Waals surface area contributed by atoms with Crippen LogP contribution in [-0.4, -0.2) is 15.5 Å². The van der Waals surface area contributed by atoms with E-state index in [1.54, 1.807) is 43.3 Å². The van der Waals surface area contributed by atoms with E-state index in [2.05, 4.69) is 10.3 Å². The molecule has 0 saturated heterocycles. The molecule has 1 unspecified atom stereocenters. The van der Waals surface area contributed by atoms with E-state index >= 15 is 0 Å². The Morgan fingerprint density at radius 3 is 2.65 bits per heavy atom. The number of halogens is 4. The molecule has 26 heavy (non-hydrogen) atoms. The smallest absolute Gasteiger partial charge is 0.348 e. The fourth-order valence-corrected chi connectivity index (χ4v) is 2.94. The van der Waals surface area contributed by atoms with Crippen LogP contribution in [0.3, 0.4) is 0 Å². The molecule has 0 spiro atoms. The minimum absolute atomic E-state index is 0.190. The number of benzene rings is 2. The van der Waals surface area contributed by atoms with Crippen molar-refractivity contribution in [1.29, 1.82) is 0 Å². The first-order valence-electron chi connectivity index (χ1n) is 7.83. The number of amides is 1. The van der Waals surface area contributed by atoms with Crippen molar-refractivity contribution in [3.05, 3.63) is 64.9 Å². The molecule has 8 heteroatoms. The summed E-state index contributed by atoms with van der Waals surface area (Å²) in [4.78, 5) is 16.0. The average Bonchev–Trinajstić information content (AvgIpc) is 2.94. The van der Waals surface area contributed by atoms with Crippen LogP contribution in [-0.2, 0) is 17.5 Å². The summed E-state index contributed by atoms with van der Waals surface area (Å²) in [5, 5.41) is 3.21. The van der Waals surface area contributed by atoms with E-state index in [9.17, 15) is 18.0 Å². The average molecular weight is 382 g/mol. The van der Waals surface area contributed by atoms with Crippen LogP contribution >= 0.6 is 11.6 Å². The minimum Gasteiger partial charge on any atom is -0.348 e. The van der Waals surface area contributed by atoms with E-state index < -0.39 is 30.5 Å². The van der Waals surface area contributed by atoms with Gasteiger partial charge >= 0.3 is 6.18 Å². The number of rotatable bonds is 4. The monoisotopic (exact) mass is 381 g/mol. The Morgan fingerprint density at radius 2 is 1.96 bits per heavy atom. The van der Waals surface area contributed by atoms with Gasteiger partial charge in [0.05, 0.1) is 17.1 Å². The molecule has 1 atom stereocenters. The van der Waals surface area contributed by atoms with Gasteiger partial charge in [0.25, 0.3) is 0 Å². The number of fused-ring (bicyclic) bond motifs is 1. The third-order valence-electron chi connectivity index (χ3n) is 3.94. The predicted molar refractivity (Wildman–Crippen MR) is 92.7 cm³/mol. The van der Waals surface area contributed by atoms with E-state index in [1.807, 2.05) is 0 Å². The molecule has 136 valence electrons. The highest BCUT2D eigenvalue weighted by molar-refractivity contribution is 6.30. The largest absolute Gasteiger partial charge is 0.449 e. The van der Waals surface area contributed by atoms with Gasteiger partial charge in [0.2, 0.25) is 11.7 Å². The maximum Gasteiger partial charge on any atom is 0.449 e. The normalized spacial score (nSPS) is 13.0. The van der Waals surface area contributed by atoms with E-state index in [0.717, 1.165) is 10.1 Å². The summed E-state index contributed by atoms with van der Waals surface area (Å²) in [6, 6.07) is 12.7. The topological polar surface area (TPSA) is 46.9 Å². The van der Waals surface area contributed by atoms with Crippen LogP contribution in [0.5, 0.6) is 0 Å². The first-order chi connectivity index (χ1) is 12.3. The van der Waals surface area contributed by atoms with Crippen molar-refractivity contribution in [3.63, 3.8) is 0 Å². The summed E-state index contributed by atoms with van der Waals surface area (Å²) in [6.07, 6.45) is -4.65. The molecule has 0 aliphatic heterocycles. The highest BCUT2D eigenvalue weighted by atomic mass is 35.5. The Kier molecular flexibility index (Phi) is 4.91. The van der Waals surface area contributed by atoms with Crippen molar-refractivity contribution in [2.45, 2.75) is 25.7 Å². The highest BCUT2D eigenvalue weighted by Crippen LogP contribution is 2.31. The van der Waals surface area contributed by atoms with Crippen LogP contribution in [0.2, 0.25) is 5.02 Å². The third-order valence-corrected chi connectivity index (χ3v) is 4.17. The van der Waals surface area contributed by atoms with Crippen LogP contribution < -0.4 is 5.32 Å². The van der Waals surface area contributed by atoms with Gasteiger partial charge in [-0.1, -0.05) is 35.9 Å². The Labute approximate surface area is 152 Å². The molecule has 0 radical (unpaired) electrons. The van der Waals surface area contributed by atoms with Gasteiger partial charge in [-0.15, -0.1) is 0 Å². The first kappa shape index (κ1) is 18.3. The molecule has 0 saturated carbocycles. The van der Waals surface area contributed by atoms with Gasteiger partial charge in [0, 0.05) is 5.02 Å². The van der Waals surface area contributed by atoms with Gasteiger partial charge in [-0.25, -0.2) is 4.98 Å². The fourth-order valence-electron chi connectivity index (χ4n) is 2.74. The van der Waals surface area contributed by atoms with Crippen LogP contribution in [0.4, 0.5) is 13.2 Å². The maximum absolute atomic E-state index is 13.3. The summed E-state index contributed by atoms with van der Waals surface area (Å²) in [5.41, 5.74) is 1.21. The summed E-state index contributed by atoms with van der Waals surface area (Å²) in [7, 11) is 0. The van der Waals surface area contributed by atoms with E-state index in [4.69, 9.17) is 11.6 Å². The van der Waals surface area contributed by atoms with Crippen molar-refractivity contribution in [1.82, 2.24) is 14.9 Å². The number of carbonyl (C=O) groups is 1. The molecule has 3 aromatic rings. The Balaban J connectivity index is 1.85. The molecule has 1 amide bonds. The lowest BCUT2D eigenvalue weighted by molar-refractivity contribution is -0.147. The van der Waals surface area contributed by atoms with Crippen molar-refractivity contribution in [3.8, 4) is 0 Å². The number of imidazole rings is 1. The molecule has 2 aromatic carbocycles.